The topological polar surface area (TPSA) is 180 Å². The highest BCUT2D eigenvalue weighted by atomic mass is 32.1. The van der Waals surface area contributed by atoms with Crippen LogP contribution < -0.4 is 19.3 Å². The van der Waals surface area contributed by atoms with Gasteiger partial charge in [-0.15, -0.1) is 22.7 Å². The number of anilines is 2. The lowest BCUT2D eigenvalue weighted by Crippen LogP contribution is -2.45. The smallest absolute Gasteiger partial charge is 0.338 e. The minimum atomic E-state index is -1.02. The summed E-state index contributed by atoms with van der Waals surface area (Å²) in [5.41, 5.74) is 5.34. The molecule has 0 spiro atoms. The molecule has 2 aliphatic rings. The van der Waals surface area contributed by atoms with Crippen LogP contribution in [0.2, 0.25) is 0 Å². The Kier molecular flexibility index (Phi) is 12.8. The van der Waals surface area contributed by atoms with Crippen LogP contribution in [0.1, 0.15) is 43.0 Å². The molecule has 2 aromatic carbocycles. The van der Waals surface area contributed by atoms with E-state index in [9.17, 15) is 25.2 Å². The average Bonchev–Trinajstić information content (AvgIpc) is 4.06. The number of morpholine rings is 2. The summed E-state index contributed by atoms with van der Waals surface area (Å²) in [4.78, 5) is 40.0. The SMILES string of the molecule is N#Cc1c(N2CCOCC2)cc(-c2cccs2)nc1OCc1ccc(C(=O)OCC2CN(c3cc(-c4cccs4)nc(OCc4ccc(C(=O)O)cc4)c3C#N)CCO2)cc1. The van der Waals surface area contributed by atoms with E-state index < -0.39 is 18.0 Å². The fourth-order valence-corrected chi connectivity index (χ4v) is 8.29. The Morgan fingerprint density at radius 2 is 1.26 bits per heavy atom. The highest BCUT2D eigenvalue weighted by Gasteiger charge is 2.28. The number of nitrogens with zero attached hydrogens (tertiary/aromatic N) is 6. The second kappa shape index (κ2) is 19.1. The minimum Gasteiger partial charge on any atom is -0.478 e. The molecule has 6 heterocycles. The number of aromatic carboxylic acids is 1. The maximum atomic E-state index is 13.2. The van der Waals surface area contributed by atoms with Crippen molar-refractivity contribution in [1.82, 2.24) is 9.97 Å². The van der Waals surface area contributed by atoms with Gasteiger partial charge in [0.25, 0.3) is 0 Å². The third kappa shape index (κ3) is 9.64. The largest absolute Gasteiger partial charge is 0.478 e. The molecule has 1 unspecified atom stereocenters. The van der Waals surface area contributed by atoms with Crippen LogP contribution in [0.5, 0.6) is 11.8 Å². The fourth-order valence-electron chi connectivity index (χ4n) is 6.92. The summed E-state index contributed by atoms with van der Waals surface area (Å²) in [6, 6.07) is 29.4. The minimum absolute atomic E-state index is 0.0185. The molecular formula is C45H38N6O8S2. The molecule has 0 bridgehead atoms. The van der Waals surface area contributed by atoms with Crippen LogP contribution in [0.4, 0.5) is 11.4 Å². The molecule has 2 fully saturated rings. The van der Waals surface area contributed by atoms with Crippen molar-refractivity contribution in [2.45, 2.75) is 19.3 Å². The van der Waals surface area contributed by atoms with Gasteiger partial charge in [0, 0.05) is 26.2 Å². The lowest BCUT2D eigenvalue weighted by Gasteiger charge is -2.35. The standard InChI is InChI=1S/C45H38N6O8S2/c46-23-34-38(50-13-16-55-17-14-50)21-36(40-3-1-19-60-40)48-42(34)57-27-30-7-11-32(12-8-30)45(54)59-28-33-25-51(15-18-56-33)39-22-37(41-4-2-20-61-41)49-43(35(39)24-47)58-26-29-5-9-31(10-6-29)44(52)53/h1-12,19-22,33H,13-18,25-28H2,(H,52,53). The predicted molar refractivity (Wildman–Crippen MR) is 228 cm³/mol. The first-order valence-electron chi connectivity index (χ1n) is 19.4. The van der Waals surface area contributed by atoms with Gasteiger partial charge in [0.15, 0.2) is 0 Å². The van der Waals surface area contributed by atoms with E-state index in [-0.39, 0.29) is 42.7 Å². The van der Waals surface area contributed by atoms with Crippen molar-refractivity contribution >= 4 is 46.0 Å². The maximum Gasteiger partial charge on any atom is 0.338 e. The van der Waals surface area contributed by atoms with Gasteiger partial charge in [-0.05, 0) is 70.4 Å². The number of aromatic nitrogens is 2. The van der Waals surface area contributed by atoms with Crippen molar-refractivity contribution in [1.29, 1.82) is 10.5 Å². The molecular weight excluding hydrogens is 817 g/mol. The summed E-state index contributed by atoms with van der Waals surface area (Å²) in [6.45, 7) is 3.77. The Hall–Kier alpha value is -6.82. The van der Waals surface area contributed by atoms with Crippen LogP contribution in [-0.4, -0.2) is 85.7 Å². The van der Waals surface area contributed by atoms with Crippen molar-refractivity contribution in [2.24, 2.45) is 0 Å². The molecule has 0 amide bonds. The molecule has 2 saturated heterocycles. The number of carboxylic acids is 1. The molecule has 0 radical (unpaired) electrons. The third-order valence-corrected chi connectivity index (χ3v) is 11.9. The Balaban J connectivity index is 0.917. The number of carbonyl (C=O) groups is 2. The number of carboxylic acid groups (broad SMARTS) is 1. The summed E-state index contributed by atoms with van der Waals surface area (Å²) < 4.78 is 29.6. The molecule has 0 saturated carbocycles. The van der Waals surface area contributed by atoms with Crippen molar-refractivity contribution < 1.29 is 38.4 Å². The van der Waals surface area contributed by atoms with Gasteiger partial charge in [-0.1, -0.05) is 36.4 Å². The number of ether oxygens (including phenoxy) is 5. The van der Waals surface area contributed by atoms with E-state index in [1.165, 1.54) is 23.5 Å². The first-order chi connectivity index (χ1) is 29.9. The summed E-state index contributed by atoms with van der Waals surface area (Å²) in [5.74, 6) is -1.15. The number of carbonyl (C=O) groups excluding carboxylic acids is 1. The zero-order valence-electron chi connectivity index (χ0n) is 32.7. The molecule has 61 heavy (non-hydrogen) atoms. The maximum absolute atomic E-state index is 13.2. The van der Waals surface area contributed by atoms with Gasteiger partial charge in [0.2, 0.25) is 11.8 Å². The van der Waals surface area contributed by atoms with Gasteiger partial charge in [-0.2, -0.15) is 10.5 Å². The number of hydrogen-bond donors (Lipinski definition) is 1. The summed E-state index contributed by atoms with van der Waals surface area (Å²) >= 11 is 3.07. The van der Waals surface area contributed by atoms with Crippen LogP contribution >= 0.6 is 22.7 Å². The number of benzene rings is 2. The van der Waals surface area contributed by atoms with E-state index in [1.807, 2.05) is 52.1 Å². The van der Waals surface area contributed by atoms with E-state index in [1.54, 1.807) is 47.7 Å². The van der Waals surface area contributed by atoms with Crippen LogP contribution in [0, 0.1) is 22.7 Å². The van der Waals surface area contributed by atoms with Gasteiger partial charge in [-0.3, -0.25) is 0 Å². The molecule has 2 aliphatic heterocycles. The monoisotopic (exact) mass is 854 g/mol. The van der Waals surface area contributed by atoms with Crippen LogP contribution in [0.25, 0.3) is 21.1 Å². The molecule has 16 heteroatoms. The first kappa shape index (κ1) is 40.9. The second-order valence-corrected chi connectivity index (χ2v) is 15.9. The van der Waals surface area contributed by atoms with Crippen LogP contribution in [0.3, 0.4) is 0 Å². The number of hydrogen-bond acceptors (Lipinski definition) is 15. The Morgan fingerprint density at radius 1 is 0.738 bits per heavy atom. The fraction of sp³-hybridized carbons (Fsp3) is 0.244. The van der Waals surface area contributed by atoms with Crippen molar-refractivity contribution in [2.75, 3.05) is 62.4 Å². The van der Waals surface area contributed by atoms with Gasteiger partial charge in [0.05, 0.1) is 63.5 Å². The molecule has 6 aromatic rings. The summed E-state index contributed by atoms with van der Waals surface area (Å²) in [7, 11) is 0. The Bertz CT molecular complexity index is 2570. The lowest BCUT2D eigenvalue weighted by atomic mass is 10.1. The van der Waals surface area contributed by atoms with Gasteiger partial charge < -0.3 is 38.6 Å². The third-order valence-electron chi connectivity index (χ3n) is 10.1. The second-order valence-electron chi connectivity index (χ2n) is 14.0. The van der Waals surface area contributed by atoms with E-state index in [0.29, 0.717) is 68.5 Å². The summed E-state index contributed by atoms with van der Waals surface area (Å²) in [6.07, 6.45) is -0.485. The van der Waals surface area contributed by atoms with E-state index in [4.69, 9.17) is 33.7 Å². The summed E-state index contributed by atoms with van der Waals surface area (Å²) in [5, 5.41) is 33.7. The first-order valence-corrected chi connectivity index (χ1v) is 21.1. The highest BCUT2D eigenvalue weighted by Crippen LogP contribution is 2.37. The van der Waals surface area contributed by atoms with Crippen LogP contribution in [0.15, 0.2) is 95.7 Å². The van der Waals surface area contributed by atoms with E-state index in [0.717, 1.165) is 32.3 Å². The lowest BCUT2D eigenvalue weighted by molar-refractivity contribution is -0.0144. The predicted octanol–water partition coefficient (Wildman–Crippen LogP) is 7.43. The zero-order chi connectivity index (χ0) is 42.1. The van der Waals surface area contributed by atoms with Crippen molar-refractivity contribution in [3.63, 3.8) is 0 Å². The number of pyridine rings is 2. The van der Waals surface area contributed by atoms with Crippen LogP contribution in [-0.2, 0) is 27.4 Å². The molecule has 8 rings (SSSR count). The highest BCUT2D eigenvalue weighted by molar-refractivity contribution is 7.13. The van der Waals surface area contributed by atoms with Crippen molar-refractivity contribution in [3.05, 3.63) is 129 Å². The molecule has 308 valence electrons. The van der Waals surface area contributed by atoms with Gasteiger partial charge in [-0.25, -0.2) is 19.6 Å². The molecule has 4 aromatic heterocycles. The zero-order valence-corrected chi connectivity index (χ0v) is 34.3. The molecule has 0 aliphatic carbocycles. The Morgan fingerprint density at radius 3 is 1.77 bits per heavy atom. The van der Waals surface area contributed by atoms with Gasteiger partial charge >= 0.3 is 11.9 Å². The number of nitriles is 2. The average molecular weight is 855 g/mol. The number of rotatable bonds is 14. The molecule has 1 N–H and O–H groups in total. The Labute approximate surface area is 359 Å². The van der Waals surface area contributed by atoms with E-state index in [2.05, 4.69) is 17.0 Å². The van der Waals surface area contributed by atoms with E-state index >= 15 is 0 Å². The number of thiophene rings is 2. The normalized spacial score (nSPS) is 15.1. The number of esters is 1. The quantitative estimate of drug-likeness (QED) is 0.107. The molecule has 14 nitrogen and oxygen atoms in total. The van der Waals surface area contributed by atoms with Crippen molar-refractivity contribution in [3.8, 4) is 45.0 Å². The molecule has 1 atom stereocenters. The van der Waals surface area contributed by atoms with Gasteiger partial charge in [0.1, 0.15) is 49.2 Å².